The van der Waals surface area contributed by atoms with Crippen LogP contribution in [0.25, 0.3) is 0 Å². The van der Waals surface area contributed by atoms with E-state index in [2.05, 4.69) is 0 Å². The lowest BCUT2D eigenvalue weighted by Crippen LogP contribution is -2.42. The summed E-state index contributed by atoms with van der Waals surface area (Å²) in [6.07, 6.45) is 0.370. The molecule has 0 aliphatic heterocycles. The lowest BCUT2D eigenvalue weighted by atomic mass is 10.3. The molecule has 1 aromatic rings. The molecular weight excluding hydrogens is 256 g/mol. The van der Waals surface area contributed by atoms with Crippen LogP contribution in [0.1, 0.15) is 13.3 Å². The first-order chi connectivity index (χ1) is 7.91. The normalized spacial score (nSPS) is 13.1. The van der Waals surface area contributed by atoms with Gasteiger partial charge in [-0.3, -0.25) is 4.31 Å². The first kappa shape index (κ1) is 13.9. The first-order valence-electron chi connectivity index (χ1n) is 5.23. The van der Waals surface area contributed by atoms with Crippen LogP contribution in [0.3, 0.4) is 0 Å². The summed E-state index contributed by atoms with van der Waals surface area (Å²) in [5.41, 5.74) is 6.07. The molecule has 0 amide bonds. The summed E-state index contributed by atoms with van der Waals surface area (Å²) in [7, 11) is -2.03. The summed E-state index contributed by atoms with van der Waals surface area (Å²) in [4.78, 5) is 0.00952. The zero-order valence-electron chi connectivity index (χ0n) is 9.83. The molecule has 0 aliphatic carbocycles. The highest BCUT2D eigenvalue weighted by molar-refractivity contribution is 7.95. The molecule has 1 unspecified atom stereocenters. The van der Waals surface area contributed by atoms with E-state index in [0.717, 1.165) is 0 Å². The van der Waals surface area contributed by atoms with E-state index < -0.39 is 15.3 Å². The van der Waals surface area contributed by atoms with Crippen LogP contribution in [-0.4, -0.2) is 25.7 Å². The topological polar surface area (TPSA) is 63.4 Å². The molecule has 1 atom stereocenters. The molecule has 94 valence electrons. The third-order valence-electron chi connectivity index (χ3n) is 2.55. The Labute approximate surface area is 107 Å². The molecule has 1 rings (SSSR count). The molecule has 0 aromatic heterocycles. The van der Waals surface area contributed by atoms with Gasteiger partial charge in [-0.2, -0.15) is 0 Å². The van der Waals surface area contributed by atoms with E-state index >= 15 is 0 Å². The summed E-state index contributed by atoms with van der Waals surface area (Å²) in [5, 5.41) is -0.817. The maximum Gasteiger partial charge on any atom is 0.244 e. The molecule has 17 heavy (non-hydrogen) atoms. The van der Waals surface area contributed by atoms with E-state index in [-0.39, 0.29) is 4.99 Å². The van der Waals surface area contributed by atoms with Crippen molar-refractivity contribution in [3.05, 3.63) is 30.3 Å². The molecule has 1 aromatic carbocycles. The van der Waals surface area contributed by atoms with Crippen molar-refractivity contribution in [2.75, 3.05) is 11.4 Å². The predicted molar refractivity (Wildman–Crippen MR) is 74.6 cm³/mol. The van der Waals surface area contributed by atoms with Gasteiger partial charge in [0.15, 0.2) is 0 Å². The minimum absolute atomic E-state index is 0.00952. The van der Waals surface area contributed by atoms with Crippen LogP contribution in [0.4, 0.5) is 5.69 Å². The molecule has 0 aliphatic rings. The van der Waals surface area contributed by atoms with Crippen LogP contribution < -0.4 is 10.0 Å². The highest BCUT2D eigenvalue weighted by Crippen LogP contribution is 2.19. The standard InChI is InChI=1S/C11H16N2O2S2/c1-3-10(11(12)16)17(14,15)13(2)9-7-5-4-6-8-9/h4-8,10H,3H2,1-2H3,(H2,12,16). The fourth-order valence-corrected chi connectivity index (χ4v) is 3.58. The first-order valence-corrected chi connectivity index (χ1v) is 7.14. The number of rotatable bonds is 5. The van der Waals surface area contributed by atoms with Gasteiger partial charge in [-0.1, -0.05) is 37.3 Å². The fraction of sp³-hybridized carbons (Fsp3) is 0.364. The second-order valence-electron chi connectivity index (χ2n) is 3.65. The third kappa shape index (κ3) is 2.95. The Hall–Kier alpha value is -1.14. The van der Waals surface area contributed by atoms with Gasteiger partial charge in [-0.15, -0.1) is 0 Å². The van der Waals surface area contributed by atoms with Gasteiger partial charge < -0.3 is 5.73 Å². The summed E-state index contributed by atoms with van der Waals surface area (Å²) in [5.74, 6) is 0. The molecule has 0 saturated heterocycles. The average Bonchev–Trinajstić information content (AvgIpc) is 2.29. The Morgan fingerprint density at radius 3 is 2.35 bits per heavy atom. The van der Waals surface area contributed by atoms with E-state index in [0.29, 0.717) is 12.1 Å². The van der Waals surface area contributed by atoms with E-state index in [1.807, 2.05) is 6.07 Å². The molecule has 4 nitrogen and oxygen atoms in total. The molecule has 6 heteroatoms. The second-order valence-corrected chi connectivity index (χ2v) is 6.27. The van der Waals surface area contributed by atoms with Crippen LogP contribution in [0.2, 0.25) is 0 Å². The summed E-state index contributed by atoms with van der Waals surface area (Å²) in [6.45, 7) is 1.75. The highest BCUT2D eigenvalue weighted by atomic mass is 32.2. The van der Waals surface area contributed by atoms with Gasteiger partial charge in [0.1, 0.15) is 5.25 Å². The highest BCUT2D eigenvalue weighted by Gasteiger charge is 2.30. The summed E-state index contributed by atoms with van der Waals surface area (Å²) < 4.78 is 25.7. The number of para-hydroxylation sites is 1. The maximum atomic E-state index is 12.3. The van der Waals surface area contributed by atoms with Crippen molar-refractivity contribution in [2.24, 2.45) is 5.73 Å². The average molecular weight is 272 g/mol. The van der Waals surface area contributed by atoms with Crippen molar-refractivity contribution >= 4 is 32.9 Å². The number of benzene rings is 1. The maximum absolute atomic E-state index is 12.3. The van der Waals surface area contributed by atoms with Gasteiger partial charge in [0.05, 0.1) is 10.7 Å². The van der Waals surface area contributed by atoms with Crippen LogP contribution >= 0.6 is 12.2 Å². The van der Waals surface area contributed by atoms with E-state index in [1.54, 1.807) is 31.2 Å². The lowest BCUT2D eigenvalue weighted by Gasteiger charge is -2.24. The zero-order chi connectivity index (χ0) is 13.1. The number of thiocarbonyl (C=S) groups is 1. The van der Waals surface area contributed by atoms with Crippen molar-refractivity contribution in [1.29, 1.82) is 0 Å². The number of anilines is 1. The smallest absolute Gasteiger partial charge is 0.244 e. The van der Waals surface area contributed by atoms with Gasteiger partial charge in [0.2, 0.25) is 10.0 Å². The predicted octanol–water partition coefficient (Wildman–Crippen LogP) is 1.52. The molecule has 0 radical (unpaired) electrons. The minimum Gasteiger partial charge on any atom is -0.392 e. The Morgan fingerprint density at radius 2 is 1.94 bits per heavy atom. The third-order valence-corrected chi connectivity index (χ3v) is 5.26. The largest absolute Gasteiger partial charge is 0.392 e. The Balaban J connectivity index is 3.11. The lowest BCUT2D eigenvalue weighted by molar-refractivity contribution is 0.587. The number of sulfonamides is 1. The Morgan fingerprint density at radius 1 is 1.41 bits per heavy atom. The van der Waals surface area contributed by atoms with Crippen molar-refractivity contribution in [2.45, 2.75) is 18.6 Å². The number of hydrogen-bond acceptors (Lipinski definition) is 3. The van der Waals surface area contributed by atoms with Crippen molar-refractivity contribution in [1.82, 2.24) is 0 Å². The van der Waals surface area contributed by atoms with Gasteiger partial charge in [0, 0.05) is 7.05 Å². The molecule has 0 heterocycles. The number of nitrogens with zero attached hydrogens (tertiary/aromatic N) is 1. The van der Waals surface area contributed by atoms with E-state index in [9.17, 15) is 8.42 Å². The van der Waals surface area contributed by atoms with Crippen LogP contribution in [0.15, 0.2) is 30.3 Å². The summed E-state index contributed by atoms with van der Waals surface area (Å²) >= 11 is 4.81. The Bertz CT molecular complexity index is 485. The zero-order valence-corrected chi connectivity index (χ0v) is 11.5. The van der Waals surface area contributed by atoms with Crippen LogP contribution in [-0.2, 0) is 10.0 Å². The summed E-state index contributed by atoms with van der Waals surface area (Å²) in [6, 6.07) is 8.84. The molecule has 0 bridgehead atoms. The quantitative estimate of drug-likeness (QED) is 0.825. The molecule has 0 saturated carbocycles. The van der Waals surface area contributed by atoms with Crippen LogP contribution in [0.5, 0.6) is 0 Å². The van der Waals surface area contributed by atoms with Gasteiger partial charge in [-0.25, -0.2) is 8.42 Å². The molecule has 0 fully saturated rings. The van der Waals surface area contributed by atoms with Gasteiger partial charge >= 0.3 is 0 Å². The van der Waals surface area contributed by atoms with Gasteiger partial charge in [-0.05, 0) is 18.6 Å². The number of nitrogens with two attached hydrogens (primary N) is 1. The molecule has 2 N–H and O–H groups in total. The monoisotopic (exact) mass is 272 g/mol. The minimum atomic E-state index is -3.54. The molecular formula is C11H16N2O2S2. The SMILES string of the molecule is CCC(C(N)=S)S(=O)(=O)N(C)c1ccccc1. The Kier molecular flexibility index (Phi) is 4.47. The second kappa shape index (κ2) is 5.46. The number of hydrogen-bond donors (Lipinski definition) is 1. The van der Waals surface area contributed by atoms with E-state index in [1.165, 1.54) is 11.4 Å². The van der Waals surface area contributed by atoms with Crippen molar-refractivity contribution in [3.63, 3.8) is 0 Å². The van der Waals surface area contributed by atoms with Gasteiger partial charge in [0.25, 0.3) is 0 Å². The fourth-order valence-electron chi connectivity index (χ4n) is 1.53. The van der Waals surface area contributed by atoms with Crippen molar-refractivity contribution in [3.8, 4) is 0 Å². The van der Waals surface area contributed by atoms with Crippen LogP contribution in [0, 0.1) is 0 Å². The van der Waals surface area contributed by atoms with E-state index in [4.69, 9.17) is 18.0 Å². The van der Waals surface area contributed by atoms with Crippen molar-refractivity contribution < 1.29 is 8.42 Å². The molecule has 0 spiro atoms.